The molecule has 4 unspecified atom stereocenters. The maximum absolute atomic E-state index is 3.83. The van der Waals surface area contributed by atoms with Crippen molar-refractivity contribution in [3.8, 4) is 0 Å². The highest BCUT2D eigenvalue weighted by molar-refractivity contribution is 5.19. The summed E-state index contributed by atoms with van der Waals surface area (Å²) in [6, 6.07) is 1.90. The molecule has 1 spiro atoms. The van der Waals surface area contributed by atoms with Crippen LogP contribution in [-0.4, -0.2) is 12.1 Å². The van der Waals surface area contributed by atoms with Crippen LogP contribution in [-0.2, 0) is 0 Å². The van der Waals surface area contributed by atoms with Crippen LogP contribution in [0.2, 0.25) is 0 Å². The van der Waals surface area contributed by atoms with Gasteiger partial charge in [0.05, 0.1) is 0 Å². The van der Waals surface area contributed by atoms with E-state index in [9.17, 15) is 0 Å². The Labute approximate surface area is 94.0 Å². The smallest absolute Gasteiger partial charge is 0.0144 e. The van der Waals surface area contributed by atoms with E-state index in [1.807, 2.05) is 13.8 Å². The SMILES string of the molecule is C1CCC2C(C1)C1CC(N1)C21CC1.CC. The molecule has 0 aromatic carbocycles. The van der Waals surface area contributed by atoms with Crippen LogP contribution in [0.15, 0.2) is 0 Å². The van der Waals surface area contributed by atoms with Gasteiger partial charge in [0.15, 0.2) is 0 Å². The van der Waals surface area contributed by atoms with Crippen LogP contribution < -0.4 is 5.32 Å². The van der Waals surface area contributed by atoms with Crippen LogP contribution in [0.1, 0.15) is 58.8 Å². The average molecular weight is 207 g/mol. The molecule has 0 aromatic heterocycles. The lowest BCUT2D eigenvalue weighted by atomic mass is 9.55. The van der Waals surface area contributed by atoms with Crippen molar-refractivity contribution in [2.45, 2.75) is 70.9 Å². The normalized spacial score (nSPS) is 48.4. The van der Waals surface area contributed by atoms with Gasteiger partial charge in [0.2, 0.25) is 0 Å². The van der Waals surface area contributed by atoms with E-state index < -0.39 is 0 Å². The largest absolute Gasteiger partial charge is 0.310 e. The summed E-state index contributed by atoms with van der Waals surface area (Å²) in [5.74, 6) is 2.23. The molecular weight excluding hydrogens is 182 g/mol. The molecule has 5 aliphatic rings. The second-order valence-electron chi connectivity index (χ2n) is 5.85. The summed E-state index contributed by atoms with van der Waals surface area (Å²) in [4.78, 5) is 0. The molecule has 2 saturated heterocycles. The number of rotatable bonds is 0. The molecule has 4 atom stereocenters. The van der Waals surface area contributed by atoms with Gasteiger partial charge < -0.3 is 5.32 Å². The van der Waals surface area contributed by atoms with Crippen molar-refractivity contribution in [1.82, 2.24) is 5.32 Å². The van der Waals surface area contributed by atoms with Gasteiger partial charge in [-0.2, -0.15) is 0 Å². The van der Waals surface area contributed by atoms with Crippen molar-refractivity contribution in [2.75, 3.05) is 0 Å². The first kappa shape index (κ1) is 10.1. The van der Waals surface area contributed by atoms with Crippen LogP contribution in [0.4, 0.5) is 0 Å². The minimum Gasteiger partial charge on any atom is -0.310 e. The second-order valence-corrected chi connectivity index (χ2v) is 5.85. The molecule has 2 bridgehead atoms. The van der Waals surface area contributed by atoms with Crippen molar-refractivity contribution < 1.29 is 0 Å². The molecule has 15 heavy (non-hydrogen) atoms. The topological polar surface area (TPSA) is 12.0 Å². The Balaban J connectivity index is 0.000000343. The van der Waals surface area contributed by atoms with E-state index in [-0.39, 0.29) is 0 Å². The van der Waals surface area contributed by atoms with Gasteiger partial charge in [0, 0.05) is 12.1 Å². The summed E-state index contributed by atoms with van der Waals surface area (Å²) in [5, 5.41) is 3.83. The standard InChI is InChI=1S/C12H19N.C2H6/c1-2-4-9-8(3-1)10-7-11(13-10)12(9)5-6-12;1-2/h8-11,13H,1-7H2;1-2H3. The number of hydrogen-bond donors (Lipinski definition) is 1. The average Bonchev–Trinajstić information content (AvgIpc) is 3.01. The maximum atomic E-state index is 3.83. The van der Waals surface area contributed by atoms with Gasteiger partial charge in [-0.1, -0.05) is 26.7 Å². The molecule has 3 saturated carbocycles. The van der Waals surface area contributed by atoms with Crippen molar-refractivity contribution in [3.63, 3.8) is 0 Å². The highest BCUT2D eigenvalue weighted by atomic mass is 15.1. The number of hydrogen-bond acceptors (Lipinski definition) is 1. The predicted molar refractivity (Wildman–Crippen MR) is 63.8 cm³/mol. The molecule has 1 heteroatoms. The van der Waals surface area contributed by atoms with E-state index >= 15 is 0 Å². The molecule has 5 rings (SSSR count). The molecule has 0 aromatic rings. The summed E-state index contributed by atoms with van der Waals surface area (Å²) >= 11 is 0. The first-order valence-corrected chi connectivity index (χ1v) is 7.16. The lowest BCUT2D eigenvalue weighted by Gasteiger charge is -2.59. The lowest BCUT2D eigenvalue weighted by Crippen LogP contribution is -2.68. The number of piperidine rings is 1. The van der Waals surface area contributed by atoms with Gasteiger partial charge in [-0.25, -0.2) is 0 Å². The van der Waals surface area contributed by atoms with Crippen molar-refractivity contribution in [3.05, 3.63) is 0 Å². The van der Waals surface area contributed by atoms with E-state index in [1.54, 1.807) is 19.3 Å². The Morgan fingerprint density at radius 1 is 1.07 bits per heavy atom. The molecule has 2 aliphatic heterocycles. The van der Waals surface area contributed by atoms with Gasteiger partial charge in [0.25, 0.3) is 0 Å². The predicted octanol–water partition coefficient (Wildman–Crippen LogP) is 3.34. The van der Waals surface area contributed by atoms with Crippen LogP contribution in [0.25, 0.3) is 0 Å². The van der Waals surface area contributed by atoms with Crippen molar-refractivity contribution in [1.29, 1.82) is 0 Å². The fraction of sp³-hybridized carbons (Fsp3) is 1.00. The Kier molecular flexibility index (Phi) is 2.35. The Hall–Kier alpha value is -0.0400. The van der Waals surface area contributed by atoms with Gasteiger partial charge >= 0.3 is 0 Å². The zero-order chi connectivity index (χ0) is 10.5. The quantitative estimate of drug-likeness (QED) is 0.642. The highest BCUT2D eigenvalue weighted by Crippen LogP contribution is 2.67. The zero-order valence-electron chi connectivity index (χ0n) is 10.3. The van der Waals surface area contributed by atoms with Crippen LogP contribution >= 0.6 is 0 Å². The third kappa shape index (κ3) is 1.25. The Morgan fingerprint density at radius 3 is 2.40 bits per heavy atom. The van der Waals surface area contributed by atoms with Crippen molar-refractivity contribution >= 4 is 0 Å². The van der Waals surface area contributed by atoms with E-state index in [4.69, 9.17) is 0 Å². The first-order valence-electron chi connectivity index (χ1n) is 7.16. The molecule has 1 N–H and O–H groups in total. The summed E-state index contributed by atoms with van der Waals surface area (Å²) in [7, 11) is 0. The molecule has 5 fully saturated rings. The minimum atomic E-state index is 0.833. The summed E-state index contributed by atoms with van der Waals surface area (Å²) in [5.41, 5.74) is 0.833. The van der Waals surface area contributed by atoms with E-state index in [0.717, 1.165) is 29.3 Å². The van der Waals surface area contributed by atoms with Gasteiger partial charge in [-0.15, -0.1) is 0 Å². The third-order valence-corrected chi connectivity index (χ3v) is 5.50. The third-order valence-electron chi connectivity index (χ3n) is 5.50. The van der Waals surface area contributed by atoms with Crippen molar-refractivity contribution in [2.24, 2.45) is 17.3 Å². The molecule has 0 amide bonds. The Morgan fingerprint density at radius 2 is 1.73 bits per heavy atom. The minimum absolute atomic E-state index is 0.833. The summed E-state index contributed by atoms with van der Waals surface area (Å²) in [6.45, 7) is 4.00. The first-order chi connectivity index (χ1) is 7.40. The van der Waals surface area contributed by atoms with Crippen LogP contribution in [0.3, 0.4) is 0 Å². The van der Waals surface area contributed by atoms with E-state index in [0.29, 0.717) is 0 Å². The Bertz CT molecular complexity index is 238. The highest BCUT2D eigenvalue weighted by Gasteiger charge is 2.65. The molecule has 1 nitrogen and oxygen atoms in total. The van der Waals surface area contributed by atoms with Gasteiger partial charge in [0.1, 0.15) is 0 Å². The number of nitrogens with one attached hydrogen (secondary N) is 1. The molecule has 0 radical (unpaired) electrons. The van der Waals surface area contributed by atoms with Crippen LogP contribution in [0, 0.1) is 17.3 Å². The van der Waals surface area contributed by atoms with Gasteiger partial charge in [-0.05, 0) is 49.4 Å². The van der Waals surface area contributed by atoms with E-state index in [1.165, 1.54) is 25.7 Å². The summed E-state index contributed by atoms with van der Waals surface area (Å²) < 4.78 is 0. The lowest BCUT2D eigenvalue weighted by molar-refractivity contribution is -0.0462. The van der Waals surface area contributed by atoms with Crippen LogP contribution in [0.5, 0.6) is 0 Å². The second kappa shape index (κ2) is 3.48. The van der Waals surface area contributed by atoms with Gasteiger partial charge in [-0.3, -0.25) is 0 Å². The fourth-order valence-corrected chi connectivity index (χ4v) is 4.66. The summed E-state index contributed by atoms with van der Waals surface area (Å²) in [6.07, 6.45) is 10.8. The maximum Gasteiger partial charge on any atom is 0.0144 e. The molecular formula is C14H25N. The molecule has 3 aliphatic carbocycles. The monoisotopic (exact) mass is 207 g/mol. The zero-order valence-corrected chi connectivity index (χ0v) is 10.3. The van der Waals surface area contributed by atoms with E-state index in [2.05, 4.69) is 5.32 Å². The fourth-order valence-electron chi connectivity index (χ4n) is 4.66. The molecule has 2 heterocycles. The molecule has 86 valence electrons.